The van der Waals surface area contributed by atoms with Crippen LogP contribution in [0.15, 0.2) is 0 Å². The molecular formula is C13H23ClN2OS. The molecule has 18 heavy (non-hydrogen) atoms. The fraction of sp³-hybridized carbons (Fsp3) is 0.923. The molecule has 3 aliphatic heterocycles. The summed E-state index contributed by atoms with van der Waals surface area (Å²) >= 11 is 1.97. The van der Waals surface area contributed by atoms with Crippen LogP contribution in [0.25, 0.3) is 0 Å². The van der Waals surface area contributed by atoms with E-state index in [2.05, 4.69) is 17.1 Å². The number of thioether (sulfide) groups is 1. The van der Waals surface area contributed by atoms with Crippen LogP contribution in [0.3, 0.4) is 0 Å². The molecule has 3 saturated heterocycles. The third kappa shape index (κ3) is 2.16. The van der Waals surface area contributed by atoms with Gasteiger partial charge in [0.15, 0.2) is 0 Å². The predicted molar refractivity (Wildman–Crippen MR) is 78.4 cm³/mol. The fourth-order valence-corrected chi connectivity index (χ4v) is 4.76. The van der Waals surface area contributed by atoms with E-state index >= 15 is 0 Å². The summed E-state index contributed by atoms with van der Waals surface area (Å²) in [4.78, 5) is 14.9. The van der Waals surface area contributed by atoms with Gasteiger partial charge in [0.2, 0.25) is 5.91 Å². The molecule has 1 N–H and O–H groups in total. The Morgan fingerprint density at radius 1 is 1.39 bits per heavy atom. The highest BCUT2D eigenvalue weighted by Gasteiger charge is 2.55. The third-order valence-electron chi connectivity index (χ3n) is 4.87. The van der Waals surface area contributed by atoms with Crippen molar-refractivity contribution >= 4 is 30.1 Å². The second kappa shape index (κ2) is 5.59. The Hall–Kier alpha value is 0.0700. The van der Waals surface area contributed by atoms with Gasteiger partial charge < -0.3 is 10.2 Å². The van der Waals surface area contributed by atoms with Crippen molar-refractivity contribution in [1.29, 1.82) is 0 Å². The van der Waals surface area contributed by atoms with E-state index in [0.717, 1.165) is 37.4 Å². The Morgan fingerprint density at radius 3 is 2.61 bits per heavy atom. The number of amides is 1. The maximum absolute atomic E-state index is 12.8. The average Bonchev–Trinajstić information content (AvgIpc) is 2.99. The van der Waals surface area contributed by atoms with E-state index in [4.69, 9.17) is 0 Å². The standard InChI is InChI=1S/C13H22N2OS.ClH/c1-2-13(9-10-3-4-11(13)14-10)12(16)15-5-7-17-8-6-15;/h10-11,14H,2-9H2,1H3;1H/t10-,11+,13+;/m0./s1. The molecular weight excluding hydrogens is 268 g/mol. The lowest BCUT2D eigenvalue weighted by atomic mass is 9.71. The average molecular weight is 291 g/mol. The number of hydrogen-bond donors (Lipinski definition) is 1. The summed E-state index contributed by atoms with van der Waals surface area (Å²) in [6.45, 7) is 4.12. The summed E-state index contributed by atoms with van der Waals surface area (Å²) < 4.78 is 0. The van der Waals surface area contributed by atoms with E-state index < -0.39 is 0 Å². The fourth-order valence-electron chi connectivity index (χ4n) is 3.86. The molecule has 0 saturated carbocycles. The summed E-state index contributed by atoms with van der Waals surface area (Å²) in [5.41, 5.74) is -0.0646. The van der Waals surface area contributed by atoms with E-state index in [1.165, 1.54) is 12.8 Å². The number of nitrogens with one attached hydrogen (secondary N) is 1. The first-order chi connectivity index (χ1) is 8.26. The molecule has 3 fully saturated rings. The van der Waals surface area contributed by atoms with Gasteiger partial charge in [0, 0.05) is 36.7 Å². The lowest BCUT2D eigenvalue weighted by Gasteiger charge is -2.40. The first kappa shape index (κ1) is 14.5. The van der Waals surface area contributed by atoms with Gasteiger partial charge in [-0.3, -0.25) is 4.79 Å². The Bertz CT molecular complexity index is 322. The largest absolute Gasteiger partial charge is 0.341 e. The van der Waals surface area contributed by atoms with Crippen LogP contribution in [0.2, 0.25) is 0 Å². The number of hydrogen-bond acceptors (Lipinski definition) is 3. The highest BCUT2D eigenvalue weighted by atomic mass is 35.5. The van der Waals surface area contributed by atoms with Crippen molar-refractivity contribution in [3.05, 3.63) is 0 Å². The minimum Gasteiger partial charge on any atom is -0.341 e. The van der Waals surface area contributed by atoms with Gasteiger partial charge >= 0.3 is 0 Å². The van der Waals surface area contributed by atoms with Crippen LogP contribution in [0.1, 0.15) is 32.6 Å². The molecule has 2 bridgehead atoms. The molecule has 3 heterocycles. The SMILES string of the molecule is CC[C@@]1(C(=O)N2CCSCC2)C[C@@H]2CC[C@H]1N2.Cl. The maximum atomic E-state index is 12.8. The third-order valence-corrected chi connectivity index (χ3v) is 5.82. The highest BCUT2D eigenvalue weighted by Crippen LogP contribution is 2.47. The molecule has 104 valence electrons. The quantitative estimate of drug-likeness (QED) is 0.843. The van der Waals surface area contributed by atoms with Crippen LogP contribution < -0.4 is 5.32 Å². The number of carbonyl (C=O) groups is 1. The monoisotopic (exact) mass is 290 g/mol. The van der Waals surface area contributed by atoms with Crippen LogP contribution in [0.4, 0.5) is 0 Å². The topological polar surface area (TPSA) is 32.3 Å². The van der Waals surface area contributed by atoms with Crippen molar-refractivity contribution in [3.63, 3.8) is 0 Å². The number of nitrogens with zero attached hydrogens (tertiary/aromatic N) is 1. The minimum atomic E-state index is -0.0646. The lowest BCUT2D eigenvalue weighted by molar-refractivity contribution is -0.143. The normalized spacial score (nSPS) is 38.6. The van der Waals surface area contributed by atoms with Crippen LogP contribution in [-0.2, 0) is 4.79 Å². The first-order valence-electron chi connectivity index (χ1n) is 6.89. The van der Waals surface area contributed by atoms with Crippen molar-refractivity contribution in [3.8, 4) is 0 Å². The van der Waals surface area contributed by atoms with E-state index in [0.29, 0.717) is 18.0 Å². The van der Waals surface area contributed by atoms with Gasteiger partial charge in [-0.2, -0.15) is 11.8 Å². The van der Waals surface area contributed by atoms with Crippen molar-refractivity contribution in [1.82, 2.24) is 10.2 Å². The van der Waals surface area contributed by atoms with Crippen LogP contribution in [0.5, 0.6) is 0 Å². The van der Waals surface area contributed by atoms with Gasteiger partial charge in [0.05, 0.1) is 5.41 Å². The molecule has 0 spiro atoms. The molecule has 3 aliphatic rings. The Labute approximate surface area is 120 Å². The maximum Gasteiger partial charge on any atom is 0.230 e. The molecule has 0 aromatic carbocycles. The van der Waals surface area contributed by atoms with Crippen molar-refractivity contribution < 1.29 is 4.79 Å². The van der Waals surface area contributed by atoms with Crippen molar-refractivity contribution in [2.75, 3.05) is 24.6 Å². The van der Waals surface area contributed by atoms with Crippen LogP contribution >= 0.6 is 24.2 Å². The van der Waals surface area contributed by atoms with Gasteiger partial charge in [-0.25, -0.2) is 0 Å². The summed E-state index contributed by atoms with van der Waals surface area (Å²) in [5, 5.41) is 3.64. The summed E-state index contributed by atoms with van der Waals surface area (Å²) in [5.74, 6) is 2.68. The van der Waals surface area contributed by atoms with Crippen molar-refractivity contribution in [2.45, 2.75) is 44.7 Å². The smallest absolute Gasteiger partial charge is 0.230 e. The Morgan fingerprint density at radius 2 is 2.11 bits per heavy atom. The number of fused-ring (bicyclic) bond motifs is 2. The van der Waals surface area contributed by atoms with Gasteiger partial charge in [-0.15, -0.1) is 12.4 Å². The van der Waals surface area contributed by atoms with Gasteiger partial charge in [-0.05, 0) is 25.7 Å². The zero-order valence-corrected chi connectivity index (χ0v) is 12.6. The zero-order chi connectivity index (χ0) is 11.9. The van der Waals surface area contributed by atoms with Crippen molar-refractivity contribution in [2.24, 2.45) is 5.41 Å². The molecule has 3 nitrogen and oxygen atoms in total. The van der Waals surface area contributed by atoms with Gasteiger partial charge in [0.25, 0.3) is 0 Å². The molecule has 0 aromatic heterocycles. The Balaban J connectivity index is 0.00000120. The Kier molecular flexibility index (Phi) is 4.50. The molecule has 1 amide bonds. The zero-order valence-electron chi connectivity index (χ0n) is 11.0. The molecule has 0 aromatic rings. The van der Waals surface area contributed by atoms with Crippen LogP contribution in [-0.4, -0.2) is 47.5 Å². The summed E-state index contributed by atoms with van der Waals surface area (Å²) in [7, 11) is 0. The minimum absolute atomic E-state index is 0. The second-order valence-corrected chi connectivity index (χ2v) is 6.84. The molecule has 0 radical (unpaired) electrons. The summed E-state index contributed by atoms with van der Waals surface area (Å²) in [6, 6.07) is 1.07. The molecule has 0 unspecified atom stereocenters. The number of rotatable bonds is 2. The summed E-state index contributed by atoms with van der Waals surface area (Å²) in [6.07, 6.45) is 4.56. The van der Waals surface area contributed by atoms with E-state index in [1.54, 1.807) is 0 Å². The van der Waals surface area contributed by atoms with Gasteiger partial charge in [-0.1, -0.05) is 6.92 Å². The first-order valence-corrected chi connectivity index (χ1v) is 8.05. The van der Waals surface area contributed by atoms with E-state index in [9.17, 15) is 4.79 Å². The number of halogens is 1. The van der Waals surface area contributed by atoms with E-state index in [-0.39, 0.29) is 17.8 Å². The second-order valence-electron chi connectivity index (χ2n) is 5.61. The van der Waals surface area contributed by atoms with Gasteiger partial charge in [0.1, 0.15) is 0 Å². The van der Waals surface area contributed by atoms with Crippen LogP contribution in [0, 0.1) is 5.41 Å². The molecule has 3 atom stereocenters. The highest BCUT2D eigenvalue weighted by molar-refractivity contribution is 7.99. The lowest BCUT2D eigenvalue weighted by Crippen LogP contribution is -2.52. The number of carbonyl (C=O) groups excluding carboxylic acids is 1. The molecule has 0 aliphatic carbocycles. The van der Waals surface area contributed by atoms with E-state index in [1.807, 2.05) is 11.8 Å². The predicted octanol–water partition coefficient (Wildman–Crippen LogP) is 1.90. The molecule has 5 heteroatoms. The molecule has 3 rings (SSSR count).